The highest BCUT2D eigenvalue weighted by Gasteiger charge is 2.20. The van der Waals surface area contributed by atoms with Gasteiger partial charge in [-0.2, -0.15) is 0 Å². The molecule has 0 fully saturated rings. The van der Waals surface area contributed by atoms with Crippen molar-refractivity contribution in [3.05, 3.63) is 83.4 Å². The molecule has 1 unspecified atom stereocenters. The van der Waals surface area contributed by atoms with Crippen LogP contribution in [0.4, 0.5) is 10.5 Å². The lowest BCUT2D eigenvalue weighted by Gasteiger charge is -2.14. The molecule has 4 rings (SSSR count). The number of nitrogens with one attached hydrogen (secondary N) is 1. The number of carbonyl (C=O) groups is 1. The number of fused-ring (bicyclic) bond motifs is 2. The predicted molar refractivity (Wildman–Crippen MR) is 103 cm³/mol. The second-order valence-corrected chi connectivity index (χ2v) is 6.33. The molecule has 3 aromatic carbocycles. The van der Waals surface area contributed by atoms with Crippen LogP contribution in [-0.2, 0) is 11.3 Å². The summed E-state index contributed by atoms with van der Waals surface area (Å²) in [6, 6.07) is 19.7. The minimum absolute atomic E-state index is 0.0495. The fourth-order valence-electron chi connectivity index (χ4n) is 3.30. The molecule has 26 heavy (non-hydrogen) atoms. The standard InChI is InChI=1S/C22H19NO3/c24-13-18-7-3-4-8-21(18)23-22(25)26-14-19-10-9-17-11-15-5-1-2-6-16(15)12-20(17)19/h1-12,19,24H,13-14H2,(H,23,25). The van der Waals surface area contributed by atoms with Gasteiger partial charge in [0.2, 0.25) is 0 Å². The molecule has 0 spiro atoms. The van der Waals surface area contributed by atoms with Crippen LogP contribution >= 0.6 is 0 Å². The summed E-state index contributed by atoms with van der Waals surface area (Å²) in [7, 11) is 0. The Kier molecular flexibility index (Phi) is 4.42. The number of benzene rings is 3. The van der Waals surface area contributed by atoms with Gasteiger partial charge < -0.3 is 9.84 Å². The van der Waals surface area contributed by atoms with Gasteiger partial charge in [-0.25, -0.2) is 4.79 Å². The third-order valence-electron chi connectivity index (χ3n) is 4.68. The van der Waals surface area contributed by atoms with Crippen molar-refractivity contribution in [3.8, 4) is 0 Å². The molecule has 1 aliphatic rings. The molecule has 0 saturated heterocycles. The summed E-state index contributed by atoms with van der Waals surface area (Å²) in [5.74, 6) is 0.0495. The van der Waals surface area contributed by atoms with E-state index in [0.29, 0.717) is 11.3 Å². The Bertz CT molecular complexity index is 994. The Morgan fingerprint density at radius 2 is 1.77 bits per heavy atom. The highest BCUT2D eigenvalue weighted by molar-refractivity contribution is 5.88. The van der Waals surface area contributed by atoms with E-state index >= 15 is 0 Å². The SMILES string of the molecule is O=C(Nc1ccccc1CO)OCC1C=Cc2cc3ccccc3cc21. The van der Waals surface area contributed by atoms with Crippen LogP contribution in [0.1, 0.15) is 22.6 Å². The number of aliphatic hydroxyl groups excluding tert-OH is 1. The maximum Gasteiger partial charge on any atom is 0.411 e. The summed E-state index contributed by atoms with van der Waals surface area (Å²) in [6.45, 7) is 0.136. The minimum Gasteiger partial charge on any atom is -0.448 e. The third kappa shape index (κ3) is 3.19. The Balaban J connectivity index is 1.44. The molecule has 0 radical (unpaired) electrons. The van der Waals surface area contributed by atoms with Crippen molar-refractivity contribution >= 4 is 28.6 Å². The average molecular weight is 345 g/mol. The topological polar surface area (TPSA) is 58.6 Å². The van der Waals surface area contributed by atoms with E-state index in [2.05, 4.69) is 41.7 Å². The van der Waals surface area contributed by atoms with Crippen molar-refractivity contribution in [1.82, 2.24) is 0 Å². The number of amides is 1. The molecule has 0 bridgehead atoms. The smallest absolute Gasteiger partial charge is 0.411 e. The summed E-state index contributed by atoms with van der Waals surface area (Å²) < 4.78 is 5.42. The molecule has 4 heteroatoms. The number of carbonyl (C=O) groups excluding carboxylic acids is 1. The third-order valence-corrected chi connectivity index (χ3v) is 4.68. The summed E-state index contributed by atoms with van der Waals surface area (Å²) in [5.41, 5.74) is 3.56. The predicted octanol–water partition coefficient (Wildman–Crippen LogP) is 4.69. The first-order valence-corrected chi connectivity index (χ1v) is 8.58. The molecule has 1 amide bonds. The monoisotopic (exact) mass is 345 g/mol. The molecule has 0 heterocycles. The molecular formula is C22H19NO3. The fourth-order valence-corrected chi connectivity index (χ4v) is 3.30. The van der Waals surface area contributed by atoms with Gasteiger partial charge >= 0.3 is 6.09 Å². The number of rotatable bonds is 4. The van der Waals surface area contributed by atoms with Crippen LogP contribution in [0.5, 0.6) is 0 Å². The van der Waals surface area contributed by atoms with Crippen LogP contribution in [-0.4, -0.2) is 17.8 Å². The van der Waals surface area contributed by atoms with Crippen LogP contribution in [0, 0.1) is 0 Å². The van der Waals surface area contributed by atoms with E-state index in [1.807, 2.05) is 18.2 Å². The molecule has 1 aliphatic carbocycles. The maximum absolute atomic E-state index is 12.1. The highest BCUT2D eigenvalue weighted by Crippen LogP contribution is 2.33. The lowest BCUT2D eigenvalue weighted by atomic mass is 9.97. The van der Waals surface area contributed by atoms with Gasteiger partial charge in [0.1, 0.15) is 6.61 Å². The lowest BCUT2D eigenvalue weighted by molar-refractivity contribution is 0.159. The summed E-state index contributed by atoms with van der Waals surface area (Å²) >= 11 is 0. The number of para-hydroxylation sites is 1. The second kappa shape index (κ2) is 7.02. The van der Waals surface area contributed by atoms with Gasteiger partial charge in [-0.05, 0) is 40.1 Å². The van der Waals surface area contributed by atoms with Gasteiger partial charge in [0.15, 0.2) is 0 Å². The Morgan fingerprint density at radius 1 is 1.04 bits per heavy atom. The van der Waals surface area contributed by atoms with Gasteiger partial charge in [-0.3, -0.25) is 5.32 Å². The zero-order chi connectivity index (χ0) is 17.9. The molecule has 0 saturated carbocycles. The summed E-state index contributed by atoms with van der Waals surface area (Å²) in [4.78, 5) is 12.1. The van der Waals surface area contributed by atoms with E-state index in [0.717, 1.165) is 0 Å². The zero-order valence-corrected chi connectivity index (χ0v) is 14.2. The number of hydrogen-bond donors (Lipinski definition) is 2. The molecule has 0 aliphatic heterocycles. The van der Waals surface area contributed by atoms with Crippen molar-refractivity contribution in [2.45, 2.75) is 12.5 Å². The summed E-state index contributed by atoms with van der Waals surface area (Å²) in [5, 5.41) is 14.4. The van der Waals surface area contributed by atoms with Gasteiger partial charge in [0.25, 0.3) is 0 Å². The normalized spacial score (nSPS) is 15.0. The molecule has 3 aromatic rings. The molecule has 1 atom stereocenters. The van der Waals surface area contributed by atoms with E-state index in [1.54, 1.807) is 18.2 Å². The minimum atomic E-state index is -0.520. The molecule has 2 N–H and O–H groups in total. The lowest BCUT2D eigenvalue weighted by Crippen LogP contribution is -2.17. The number of anilines is 1. The zero-order valence-electron chi connectivity index (χ0n) is 14.2. The largest absolute Gasteiger partial charge is 0.448 e. The van der Waals surface area contributed by atoms with Crippen molar-refractivity contribution < 1.29 is 14.6 Å². The first-order valence-electron chi connectivity index (χ1n) is 8.58. The van der Waals surface area contributed by atoms with Crippen molar-refractivity contribution in [1.29, 1.82) is 0 Å². The van der Waals surface area contributed by atoms with Gasteiger partial charge in [0.05, 0.1) is 6.61 Å². The first kappa shape index (κ1) is 16.4. The first-order chi connectivity index (χ1) is 12.7. The van der Waals surface area contributed by atoms with Crippen LogP contribution in [0.25, 0.3) is 16.8 Å². The number of aliphatic hydroxyl groups is 1. The molecular weight excluding hydrogens is 326 g/mol. The maximum atomic E-state index is 12.1. The van der Waals surface area contributed by atoms with Gasteiger partial charge in [0, 0.05) is 17.2 Å². The van der Waals surface area contributed by atoms with E-state index in [1.165, 1.54) is 21.9 Å². The highest BCUT2D eigenvalue weighted by atomic mass is 16.5. The second-order valence-electron chi connectivity index (χ2n) is 6.33. The molecule has 0 aromatic heterocycles. The van der Waals surface area contributed by atoms with E-state index in [4.69, 9.17) is 4.74 Å². The molecule has 130 valence electrons. The van der Waals surface area contributed by atoms with Crippen LogP contribution in [0.2, 0.25) is 0 Å². The van der Waals surface area contributed by atoms with E-state index in [-0.39, 0.29) is 19.1 Å². The van der Waals surface area contributed by atoms with E-state index in [9.17, 15) is 9.90 Å². The average Bonchev–Trinajstić information content (AvgIpc) is 3.07. The van der Waals surface area contributed by atoms with Crippen LogP contribution < -0.4 is 5.32 Å². The van der Waals surface area contributed by atoms with Crippen LogP contribution in [0.15, 0.2) is 66.7 Å². The summed E-state index contributed by atoms with van der Waals surface area (Å²) in [6.07, 6.45) is 3.63. The molecule has 4 nitrogen and oxygen atoms in total. The van der Waals surface area contributed by atoms with Crippen molar-refractivity contribution in [3.63, 3.8) is 0 Å². The number of hydrogen-bond acceptors (Lipinski definition) is 3. The Morgan fingerprint density at radius 3 is 2.58 bits per heavy atom. The van der Waals surface area contributed by atoms with Crippen molar-refractivity contribution in [2.75, 3.05) is 11.9 Å². The number of ether oxygens (including phenoxy) is 1. The Labute approximate surface area is 151 Å². The fraction of sp³-hybridized carbons (Fsp3) is 0.136. The van der Waals surface area contributed by atoms with Gasteiger partial charge in [-0.15, -0.1) is 0 Å². The van der Waals surface area contributed by atoms with Crippen molar-refractivity contribution in [2.24, 2.45) is 0 Å². The van der Waals surface area contributed by atoms with Crippen LogP contribution in [0.3, 0.4) is 0 Å². The quantitative estimate of drug-likeness (QED) is 0.721. The Hall–Kier alpha value is -3.11. The van der Waals surface area contributed by atoms with Gasteiger partial charge in [-0.1, -0.05) is 54.6 Å². The van der Waals surface area contributed by atoms with E-state index < -0.39 is 6.09 Å².